The highest BCUT2D eigenvalue weighted by Gasteiger charge is 2.77. The Hall–Kier alpha value is -1.50. The number of Topliss-reactive ketones (excluding diaryl/α,β-unsaturated/α-hetero) is 1. The molecule has 1 aliphatic heterocycles. The van der Waals surface area contributed by atoms with Gasteiger partial charge >= 0.3 is 5.97 Å². The highest BCUT2D eigenvalue weighted by Crippen LogP contribution is 2.72. The Morgan fingerprint density at radius 1 is 1.29 bits per heavy atom. The second-order valence-electron chi connectivity index (χ2n) is 12.6. The smallest absolute Gasteiger partial charge is 0.309 e. The minimum Gasteiger partial charge on any atom is -0.454 e. The van der Waals surface area contributed by atoms with Crippen molar-refractivity contribution in [3.05, 3.63) is 23.3 Å². The van der Waals surface area contributed by atoms with Crippen LogP contribution in [0.25, 0.3) is 0 Å². The zero-order valence-corrected chi connectivity index (χ0v) is 21.8. The topological polar surface area (TPSA) is 82.1 Å². The van der Waals surface area contributed by atoms with Crippen LogP contribution in [0.3, 0.4) is 0 Å². The van der Waals surface area contributed by atoms with Crippen LogP contribution in [0.1, 0.15) is 68.2 Å². The van der Waals surface area contributed by atoms with Crippen LogP contribution >= 0.6 is 0 Å². The fourth-order valence-corrected chi connectivity index (χ4v) is 7.70. The van der Waals surface area contributed by atoms with Gasteiger partial charge in [0, 0.05) is 5.92 Å². The monoisotopic (exact) mass is 472 g/mol. The van der Waals surface area contributed by atoms with Crippen LogP contribution < -0.4 is 0 Å². The van der Waals surface area contributed by atoms with Gasteiger partial charge in [0.15, 0.2) is 23.3 Å². The number of fused-ring (bicyclic) bond motifs is 5. The van der Waals surface area contributed by atoms with Crippen molar-refractivity contribution in [1.29, 1.82) is 0 Å². The molecule has 1 saturated heterocycles. The van der Waals surface area contributed by atoms with E-state index in [0.717, 1.165) is 17.6 Å². The highest BCUT2D eigenvalue weighted by molar-refractivity contribution is 5.95. The molecule has 9 atom stereocenters. The summed E-state index contributed by atoms with van der Waals surface area (Å²) < 4.78 is 18.5. The maximum atomic E-state index is 14.6. The van der Waals surface area contributed by atoms with Gasteiger partial charge in [-0.1, -0.05) is 46.8 Å². The maximum Gasteiger partial charge on any atom is 0.309 e. The van der Waals surface area contributed by atoms with Crippen LogP contribution in [0.15, 0.2) is 23.3 Å². The van der Waals surface area contributed by atoms with E-state index in [0.29, 0.717) is 12.3 Å². The molecule has 0 radical (unpaired) electrons. The van der Waals surface area contributed by atoms with Crippen LogP contribution in [-0.4, -0.2) is 47.1 Å². The lowest BCUT2D eigenvalue weighted by Crippen LogP contribution is -2.68. The summed E-state index contributed by atoms with van der Waals surface area (Å²) in [6.45, 7) is 16.1. The average Bonchev–Trinajstić information content (AvgIpc) is 3.25. The molecule has 0 aromatic rings. The minimum absolute atomic E-state index is 0.0327. The van der Waals surface area contributed by atoms with Crippen molar-refractivity contribution < 1.29 is 28.9 Å². The van der Waals surface area contributed by atoms with Gasteiger partial charge in [0.05, 0.1) is 17.9 Å². The summed E-state index contributed by atoms with van der Waals surface area (Å²) in [5.74, 6) is -1.39. The molecule has 6 heteroatoms. The van der Waals surface area contributed by atoms with Gasteiger partial charge in [0.1, 0.15) is 6.10 Å². The molecular weight excluding hydrogens is 432 g/mol. The minimum atomic E-state index is -1.74. The molecule has 188 valence electrons. The summed E-state index contributed by atoms with van der Waals surface area (Å²) in [6.07, 6.45) is 3.68. The maximum absolute atomic E-state index is 14.6. The first kappa shape index (κ1) is 24.2. The second-order valence-corrected chi connectivity index (χ2v) is 12.6. The Morgan fingerprint density at radius 3 is 2.62 bits per heavy atom. The third-order valence-electron chi connectivity index (χ3n) is 9.92. The molecule has 4 aliphatic carbocycles. The van der Waals surface area contributed by atoms with Crippen molar-refractivity contribution in [3.63, 3.8) is 0 Å². The molecule has 8 unspecified atom stereocenters. The molecule has 1 N–H and O–H groups in total. The van der Waals surface area contributed by atoms with Gasteiger partial charge in [-0.15, -0.1) is 0 Å². The van der Waals surface area contributed by atoms with E-state index in [1.165, 1.54) is 0 Å². The van der Waals surface area contributed by atoms with Gasteiger partial charge in [0.2, 0.25) is 0 Å². The fourth-order valence-electron chi connectivity index (χ4n) is 7.70. The van der Waals surface area contributed by atoms with Crippen molar-refractivity contribution in [2.45, 2.75) is 91.8 Å². The van der Waals surface area contributed by atoms with E-state index >= 15 is 0 Å². The Balaban J connectivity index is 1.71. The number of allylic oxidation sites excluding steroid dienone is 1. The summed E-state index contributed by atoms with van der Waals surface area (Å²) in [5.41, 5.74) is -1.35. The summed E-state index contributed by atoms with van der Waals surface area (Å²) in [4.78, 5) is 27.6. The number of hydrogen-bond acceptors (Lipinski definition) is 6. The van der Waals surface area contributed by atoms with Gasteiger partial charge in [-0.3, -0.25) is 9.59 Å². The van der Waals surface area contributed by atoms with E-state index in [2.05, 4.69) is 20.8 Å². The van der Waals surface area contributed by atoms with E-state index in [4.69, 9.17) is 14.2 Å². The first-order chi connectivity index (χ1) is 15.7. The Morgan fingerprint density at radius 2 is 1.97 bits per heavy atom. The highest BCUT2D eigenvalue weighted by atomic mass is 16.7. The molecule has 2 bridgehead atoms. The summed E-state index contributed by atoms with van der Waals surface area (Å²) in [6, 6.07) is 0. The molecule has 0 amide bonds. The standard InChI is InChI=1S/C28H40O6/c1-9-14(2)24(30)33-22-15(3)12-27-16(4)10-19-20(25(19,5)6)18(21(27)29)11-17-13-32-26(7,8)34-23(17)28(22,27)31/h11-12,14,16,18-20,22-23,31H,9-10,13H2,1-8H3/t14?,16-,18?,19?,20?,22?,23?,27?,28?/m1/s1. The van der Waals surface area contributed by atoms with Crippen LogP contribution in [0.2, 0.25) is 0 Å². The predicted octanol–water partition coefficient (Wildman–Crippen LogP) is 4.21. The zero-order chi connectivity index (χ0) is 25.0. The van der Waals surface area contributed by atoms with Gasteiger partial charge in [0.25, 0.3) is 0 Å². The van der Waals surface area contributed by atoms with Crippen LogP contribution in [-0.2, 0) is 23.8 Å². The van der Waals surface area contributed by atoms with E-state index in [9.17, 15) is 14.7 Å². The Bertz CT molecular complexity index is 991. The lowest BCUT2D eigenvalue weighted by molar-refractivity contribution is -0.304. The molecular formula is C28H40O6. The van der Waals surface area contributed by atoms with E-state index in [1.54, 1.807) is 0 Å². The van der Waals surface area contributed by atoms with E-state index in [-0.39, 0.29) is 47.4 Å². The number of aliphatic hydroxyl groups is 1. The van der Waals surface area contributed by atoms with Gasteiger partial charge < -0.3 is 19.3 Å². The first-order valence-electron chi connectivity index (χ1n) is 12.9. The molecule has 5 aliphatic rings. The van der Waals surface area contributed by atoms with Crippen molar-refractivity contribution in [2.75, 3.05) is 6.61 Å². The summed E-state index contributed by atoms with van der Waals surface area (Å²) in [7, 11) is 0. The third-order valence-corrected chi connectivity index (χ3v) is 9.92. The second kappa shape index (κ2) is 7.27. The van der Waals surface area contributed by atoms with Crippen LogP contribution in [0.4, 0.5) is 0 Å². The third kappa shape index (κ3) is 2.91. The van der Waals surface area contributed by atoms with Crippen LogP contribution in [0.5, 0.6) is 0 Å². The van der Waals surface area contributed by atoms with Crippen molar-refractivity contribution >= 4 is 11.8 Å². The molecule has 6 nitrogen and oxygen atoms in total. The molecule has 5 rings (SSSR count). The van der Waals surface area contributed by atoms with Crippen molar-refractivity contribution in [2.24, 2.45) is 40.4 Å². The van der Waals surface area contributed by atoms with Gasteiger partial charge in [-0.2, -0.15) is 0 Å². The SMILES string of the molecule is CCC(C)C(=O)OC1C(C)=CC23C(=O)C(C=C4COC(C)(C)OC4C12O)C1C(C[C@H]3C)C1(C)C. The van der Waals surface area contributed by atoms with Gasteiger partial charge in [-0.05, 0) is 67.9 Å². The van der Waals surface area contributed by atoms with Crippen molar-refractivity contribution in [3.8, 4) is 0 Å². The predicted molar refractivity (Wildman–Crippen MR) is 127 cm³/mol. The molecule has 0 aromatic heterocycles. The zero-order valence-electron chi connectivity index (χ0n) is 21.8. The van der Waals surface area contributed by atoms with Crippen molar-refractivity contribution in [1.82, 2.24) is 0 Å². The lowest BCUT2D eigenvalue weighted by atomic mass is 9.59. The number of ketones is 1. The largest absolute Gasteiger partial charge is 0.454 e. The number of hydrogen-bond donors (Lipinski definition) is 1. The first-order valence-corrected chi connectivity index (χ1v) is 12.9. The fraction of sp³-hybridized carbons (Fsp3) is 0.786. The average molecular weight is 473 g/mol. The number of carbonyl (C=O) groups is 2. The normalized spacial score (nSPS) is 46.6. The number of carbonyl (C=O) groups excluding carboxylic acids is 2. The number of ether oxygens (including phenoxy) is 3. The molecule has 3 fully saturated rings. The summed E-state index contributed by atoms with van der Waals surface area (Å²) in [5, 5.41) is 12.9. The molecule has 1 spiro atoms. The number of esters is 1. The van der Waals surface area contributed by atoms with Crippen LogP contribution in [0, 0.1) is 40.4 Å². The lowest BCUT2D eigenvalue weighted by Gasteiger charge is -2.52. The molecule has 0 aromatic carbocycles. The number of rotatable bonds is 3. The molecule has 1 heterocycles. The Labute approximate surface area is 203 Å². The quantitative estimate of drug-likeness (QED) is 0.489. The van der Waals surface area contributed by atoms with E-state index in [1.807, 2.05) is 46.8 Å². The molecule has 34 heavy (non-hydrogen) atoms. The Kier molecular flexibility index (Phi) is 5.17. The summed E-state index contributed by atoms with van der Waals surface area (Å²) >= 11 is 0. The van der Waals surface area contributed by atoms with Gasteiger partial charge in [-0.25, -0.2) is 0 Å². The molecule has 2 saturated carbocycles. The van der Waals surface area contributed by atoms with E-state index < -0.39 is 29.0 Å².